The van der Waals surface area contributed by atoms with E-state index in [1.165, 1.54) is 11.7 Å². The highest BCUT2D eigenvalue weighted by molar-refractivity contribution is 5.93. The van der Waals surface area contributed by atoms with Gasteiger partial charge in [0.05, 0.1) is 11.2 Å². The van der Waals surface area contributed by atoms with Gasteiger partial charge in [-0.15, -0.1) is 0 Å². The van der Waals surface area contributed by atoms with Gasteiger partial charge in [-0.05, 0) is 17.7 Å². The normalized spacial score (nSPS) is 11.1. The van der Waals surface area contributed by atoms with Crippen LogP contribution in [0.15, 0.2) is 36.4 Å². The summed E-state index contributed by atoms with van der Waals surface area (Å²) in [6, 6.07) is 8.17. The van der Waals surface area contributed by atoms with Gasteiger partial charge in [0.15, 0.2) is 23.3 Å². The zero-order valence-corrected chi connectivity index (χ0v) is 16.6. The van der Waals surface area contributed by atoms with Gasteiger partial charge in [0, 0.05) is 24.9 Å². The molecule has 0 saturated heterocycles. The first-order valence-corrected chi connectivity index (χ1v) is 9.17. The van der Waals surface area contributed by atoms with Crippen molar-refractivity contribution in [2.24, 2.45) is 0 Å². The molecule has 0 unspecified atom stereocenters. The summed E-state index contributed by atoms with van der Waals surface area (Å²) < 4.78 is 42.7. The zero-order valence-electron chi connectivity index (χ0n) is 16.6. The third-order valence-corrected chi connectivity index (χ3v) is 4.83. The van der Waals surface area contributed by atoms with Gasteiger partial charge in [-0.25, -0.2) is 18.0 Å². The van der Waals surface area contributed by atoms with E-state index in [0.717, 1.165) is 11.0 Å². The largest absolute Gasteiger partial charge is 0.465 e. The highest BCUT2D eigenvalue weighted by atomic mass is 19.2. The molecule has 4 rings (SSSR count). The first-order chi connectivity index (χ1) is 15.2. The molecule has 0 aliphatic carbocycles. The van der Waals surface area contributed by atoms with Gasteiger partial charge < -0.3 is 16.6 Å². The van der Waals surface area contributed by atoms with Crippen molar-refractivity contribution >= 4 is 34.3 Å². The average molecular weight is 443 g/mol. The highest BCUT2D eigenvalue weighted by Crippen LogP contribution is 2.30. The Balaban J connectivity index is 1.85. The van der Waals surface area contributed by atoms with E-state index in [1.807, 2.05) is 0 Å². The van der Waals surface area contributed by atoms with Crippen molar-refractivity contribution in [1.29, 1.82) is 0 Å². The first-order valence-electron chi connectivity index (χ1n) is 9.17. The fourth-order valence-corrected chi connectivity index (χ4v) is 3.34. The van der Waals surface area contributed by atoms with Crippen LogP contribution in [0, 0.1) is 17.5 Å². The number of carbonyl (C=O) groups is 1. The Morgan fingerprint density at radius 2 is 1.78 bits per heavy atom. The Bertz CT molecular complexity index is 1350. The Kier molecular flexibility index (Phi) is 5.04. The van der Waals surface area contributed by atoms with Crippen LogP contribution < -0.4 is 16.4 Å². The lowest BCUT2D eigenvalue weighted by atomic mass is 10.1. The molecule has 4 aromatic rings. The number of hydrogen-bond donors (Lipinski definition) is 3. The molecule has 0 atom stereocenters. The van der Waals surface area contributed by atoms with Crippen molar-refractivity contribution in [3.63, 3.8) is 0 Å². The summed E-state index contributed by atoms with van der Waals surface area (Å²) in [5.41, 5.74) is 12.3. The monoisotopic (exact) mass is 443 g/mol. The molecule has 2 heterocycles. The molecule has 1 amide bonds. The summed E-state index contributed by atoms with van der Waals surface area (Å²) in [7, 11) is 1.24. The molecular formula is C20H16F3N7O2. The fraction of sp³-hybridized carbons (Fsp3) is 0.100. The number of rotatable bonds is 4. The molecular weight excluding hydrogens is 427 g/mol. The molecule has 164 valence electrons. The lowest BCUT2D eigenvalue weighted by molar-refractivity contribution is 0.203. The van der Waals surface area contributed by atoms with Gasteiger partial charge in [0.2, 0.25) is 0 Å². The number of fused-ring (bicyclic) bond motifs is 1. The lowest BCUT2D eigenvalue weighted by Gasteiger charge is -2.17. The Labute approximate surface area is 178 Å². The molecule has 0 aliphatic rings. The minimum atomic E-state index is -1.31. The average Bonchev–Trinajstić information content (AvgIpc) is 3.09. The number of amides is 1. The van der Waals surface area contributed by atoms with E-state index in [4.69, 9.17) is 11.5 Å². The second-order valence-electron chi connectivity index (χ2n) is 6.90. The molecule has 0 radical (unpaired) electrons. The van der Waals surface area contributed by atoms with E-state index in [9.17, 15) is 23.1 Å². The van der Waals surface area contributed by atoms with E-state index >= 15 is 0 Å². The van der Waals surface area contributed by atoms with Gasteiger partial charge in [0.1, 0.15) is 11.5 Å². The van der Waals surface area contributed by atoms with Crippen molar-refractivity contribution < 1.29 is 23.1 Å². The molecule has 9 nitrogen and oxygen atoms in total. The molecule has 2 aromatic carbocycles. The number of para-hydroxylation sites is 1. The van der Waals surface area contributed by atoms with Gasteiger partial charge in [0.25, 0.3) is 5.95 Å². The second-order valence-corrected chi connectivity index (χ2v) is 6.90. The number of halogens is 3. The minimum absolute atomic E-state index is 0.0594. The van der Waals surface area contributed by atoms with E-state index < -0.39 is 23.5 Å². The van der Waals surface area contributed by atoms with Crippen LogP contribution in [-0.2, 0) is 6.42 Å². The number of nitrogens with zero attached hydrogens (tertiary/aromatic N) is 5. The number of carboxylic acid groups (broad SMARTS) is 1. The number of nitrogens with two attached hydrogens (primary N) is 2. The molecule has 5 N–H and O–H groups in total. The summed E-state index contributed by atoms with van der Waals surface area (Å²) >= 11 is 0. The summed E-state index contributed by atoms with van der Waals surface area (Å²) in [6.45, 7) is 0. The van der Waals surface area contributed by atoms with E-state index in [2.05, 4.69) is 15.1 Å². The molecule has 0 spiro atoms. The summed E-state index contributed by atoms with van der Waals surface area (Å²) in [4.78, 5) is 20.2. The topological polar surface area (TPSA) is 136 Å². The molecule has 0 fully saturated rings. The van der Waals surface area contributed by atoms with Crippen molar-refractivity contribution in [2.45, 2.75) is 6.42 Å². The van der Waals surface area contributed by atoms with Crippen molar-refractivity contribution in [3.05, 3.63) is 65.1 Å². The van der Waals surface area contributed by atoms with Crippen LogP contribution >= 0.6 is 0 Å². The third-order valence-electron chi connectivity index (χ3n) is 4.83. The Hall–Kier alpha value is -4.35. The van der Waals surface area contributed by atoms with Crippen molar-refractivity contribution in [2.75, 3.05) is 23.4 Å². The first kappa shape index (κ1) is 20.9. The van der Waals surface area contributed by atoms with E-state index in [0.29, 0.717) is 22.7 Å². The minimum Gasteiger partial charge on any atom is -0.465 e. The number of nitrogen functional groups attached to an aromatic ring is 2. The van der Waals surface area contributed by atoms with Gasteiger partial charge in [-0.2, -0.15) is 19.7 Å². The van der Waals surface area contributed by atoms with Crippen molar-refractivity contribution in [1.82, 2.24) is 19.7 Å². The van der Waals surface area contributed by atoms with Gasteiger partial charge >= 0.3 is 6.09 Å². The quantitative estimate of drug-likeness (QED) is 0.412. The summed E-state index contributed by atoms with van der Waals surface area (Å²) in [5.74, 6) is -3.84. The van der Waals surface area contributed by atoms with E-state index in [-0.39, 0.29) is 35.3 Å². The Morgan fingerprint density at radius 3 is 2.44 bits per heavy atom. The van der Waals surface area contributed by atoms with Crippen LogP contribution in [0.3, 0.4) is 0 Å². The molecule has 32 heavy (non-hydrogen) atoms. The smallest absolute Gasteiger partial charge is 0.411 e. The van der Waals surface area contributed by atoms with Crippen LogP contribution in [0.25, 0.3) is 16.9 Å². The maximum atomic E-state index is 14.2. The number of anilines is 3. The molecule has 2 aromatic heterocycles. The fourth-order valence-electron chi connectivity index (χ4n) is 3.34. The molecule has 12 heteroatoms. The molecule has 0 bridgehead atoms. The van der Waals surface area contributed by atoms with Crippen LogP contribution in [0.1, 0.15) is 11.3 Å². The molecule has 0 aliphatic heterocycles. The number of aromatic nitrogens is 4. The third kappa shape index (κ3) is 3.51. The SMILES string of the molecule is CN(C(=O)O)c1c(N)nc(-n2nc(Cc3cc(F)cc(F)c3F)c3ccccc32)nc1N. The predicted octanol–water partition coefficient (Wildman–Crippen LogP) is 3.10. The van der Waals surface area contributed by atoms with Crippen LogP contribution in [0.5, 0.6) is 0 Å². The number of benzene rings is 2. The van der Waals surface area contributed by atoms with Gasteiger partial charge in [-0.1, -0.05) is 18.2 Å². The van der Waals surface area contributed by atoms with Gasteiger partial charge in [-0.3, -0.25) is 4.90 Å². The van der Waals surface area contributed by atoms with Crippen LogP contribution in [-0.4, -0.2) is 38.0 Å². The standard InChI is InChI=1S/C20H16F3N7O2/c1-29(20(31)32)16-17(24)26-19(27-18(16)25)30-14-5-3-2-4-11(14)13(28-30)7-9-6-10(21)8-12(22)15(9)23/h2-6,8H,7H2,1H3,(H,31,32)(H4,24,25,26,27). The van der Waals surface area contributed by atoms with Crippen molar-refractivity contribution in [3.8, 4) is 5.95 Å². The van der Waals surface area contributed by atoms with Crippen LogP contribution in [0.2, 0.25) is 0 Å². The maximum Gasteiger partial charge on any atom is 0.411 e. The highest BCUT2D eigenvalue weighted by Gasteiger charge is 2.22. The zero-order chi connectivity index (χ0) is 23.2. The predicted molar refractivity (Wildman–Crippen MR) is 111 cm³/mol. The molecule has 0 saturated carbocycles. The summed E-state index contributed by atoms with van der Waals surface area (Å²) in [5, 5.41) is 14.1. The Morgan fingerprint density at radius 1 is 1.12 bits per heavy atom. The van der Waals surface area contributed by atoms with Crippen LogP contribution in [0.4, 0.5) is 35.3 Å². The van der Waals surface area contributed by atoms with E-state index in [1.54, 1.807) is 24.3 Å². The number of hydrogen-bond acceptors (Lipinski definition) is 6. The maximum absolute atomic E-state index is 14.2. The lowest BCUT2D eigenvalue weighted by Crippen LogP contribution is -2.27. The summed E-state index contributed by atoms with van der Waals surface area (Å²) in [6.07, 6.45) is -1.52. The second kappa shape index (κ2) is 7.72.